The number of carboxylic acid groups (broad SMARTS) is 1. The van der Waals surface area contributed by atoms with Crippen molar-refractivity contribution in [3.63, 3.8) is 0 Å². The van der Waals surface area contributed by atoms with Crippen LogP contribution in [0, 0.1) is 0 Å². The fourth-order valence-corrected chi connectivity index (χ4v) is 0.471. The number of esters is 1. The second-order valence-electron chi connectivity index (χ2n) is 2.06. The summed E-state index contributed by atoms with van der Waals surface area (Å²) < 4.78 is 4.45. The number of hydrogen-bond acceptors (Lipinski definition) is 4. The number of carboxylic acids is 1. The summed E-state index contributed by atoms with van der Waals surface area (Å²) in [7, 11) is 0. The predicted molar refractivity (Wildman–Crippen MR) is 44.0 cm³/mol. The molecule has 0 bridgehead atoms. The lowest BCUT2D eigenvalue weighted by Gasteiger charge is -2.00. The maximum atomic E-state index is 10.8. The Morgan fingerprint density at radius 3 is 2.46 bits per heavy atom. The van der Waals surface area contributed by atoms with Crippen LogP contribution in [0.2, 0.25) is 0 Å². The molecule has 0 amide bonds. The topological polar surface area (TPSA) is 83.8 Å². The standard InChI is InChI=1S/C8H10O5/c1-6(2-3-7(10)11)8(12)13-5-4-9/h2-3,9H,1,4-5H2,(H,10,11). The molecule has 5 nitrogen and oxygen atoms in total. The summed E-state index contributed by atoms with van der Waals surface area (Å²) in [6.07, 6.45) is 1.81. The van der Waals surface area contributed by atoms with Crippen molar-refractivity contribution in [2.45, 2.75) is 0 Å². The van der Waals surface area contributed by atoms with Gasteiger partial charge in [0.15, 0.2) is 0 Å². The quantitative estimate of drug-likeness (QED) is 0.350. The Hall–Kier alpha value is -1.62. The molecule has 0 aromatic carbocycles. The van der Waals surface area contributed by atoms with E-state index in [1.165, 1.54) is 0 Å². The molecule has 0 radical (unpaired) electrons. The number of aliphatic hydroxyl groups is 1. The minimum absolute atomic E-state index is 0.0733. The lowest BCUT2D eigenvalue weighted by atomic mass is 10.3. The normalized spacial score (nSPS) is 9.92. The molecule has 0 aromatic rings. The Morgan fingerprint density at radius 1 is 1.38 bits per heavy atom. The molecular weight excluding hydrogens is 176 g/mol. The van der Waals surface area contributed by atoms with E-state index in [1.54, 1.807) is 0 Å². The van der Waals surface area contributed by atoms with Crippen LogP contribution in [-0.2, 0) is 14.3 Å². The van der Waals surface area contributed by atoms with E-state index in [1.807, 2.05) is 0 Å². The molecule has 5 heteroatoms. The first-order valence-corrected chi connectivity index (χ1v) is 3.46. The number of carbonyl (C=O) groups excluding carboxylic acids is 1. The molecule has 2 N–H and O–H groups in total. The van der Waals surface area contributed by atoms with Crippen molar-refractivity contribution in [3.05, 3.63) is 24.3 Å². The Labute approximate surface area is 74.9 Å². The van der Waals surface area contributed by atoms with Crippen LogP contribution in [0.4, 0.5) is 0 Å². The van der Waals surface area contributed by atoms with E-state index in [2.05, 4.69) is 11.3 Å². The van der Waals surface area contributed by atoms with Gasteiger partial charge in [0.05, 0.1) is 12.2 Å². The molecule has 0 heterocycles. The average Bonchev–Trinajstić information content (AvgIpc) is 2.10. The molecule has 0 spiro atoms. The number of carbonyl (C=O) groups is 2. The highest BCUT2D eigenvalue weighted by Crippen LogP contribution is 1.96. The Bertz CT molecular complexity index is 241. The van der Waals surface area contributed by atoms with Gasteiger partial charge in [-0.3, -0.25) is 0 Å². The number of ether oxygens (including phenoxy) is 1. The van der Waals surface area contributed by atoms with E-state index in [-0.39, 0.29) is 18.8 Å². The molecule has 0 saturated heterocycles. The largest absolute Gasteiger partial charge is 0.478 e. The van der Waals surface area contributed by atoms with Crippen molar-refractivity contribution in [1.82, 2.24) is 0 Å². The van der Waals surface area contributed by atoms with Crippen molar-refractivity contribution in [2.24, 2.45) is 0 Å². The first kappa shape index (κ1) is 11.4. The summed E-state index contributed by atoms with van der Waals surface area (Å²) in [5, 5.41) is 16.5. The molecule has 72 valence electrons. The zero-order valence-corrected chi connectivity index (χ0v) is 6.90. The third-order valence-corrected chi connectivity index (χ3v) is 1.01. The fourth-order valence-electron chi connectivity index (χ4n) is 0.471. The van der Waals surface area contributed by atoms with Crippen LogP contribution in [0.25, 0.3) is 0 Å². The molecule has 0 aliphatic rings. The van der Waals surface area contributed by atoms with Gasteiger partial charge in [-0.2, -0.15) is 0 Å². The Kier molecular flexibility index (Phi) is 5.22. The van der Waals surface area contributed by atoms with Gasteiger partial charge >= 0.3 is 11.9 Å². The number of aliphatic hydroxyl groups excluding tert-OH is 1. The van der Waals surface area contributed by atoms with Crippen molar-refractivity contribution in [2.75, 3.05) is 13.2 Å². The summed E-state index contributed by atoms with van der Waals surface area (Å²) in [5.41, 5.74) is -0.0733. The zero-order valence-electron chi connectivity index (χ0n) is 6.90. The van der Waals surface area contributed by atoms with Crippen molar-refractivity contribution in [3.8, 4) is 0 Å². The van der Waals surface area contributed by atoms with Gasteiger partial charge in [-0.1, -0.05) is 6.58 Å². The molecule has 0 saturated carbocycles. The van der Waals surface area contributed by atoms with Gasteiger partial charge in [0.1, 0.15) is 6.61 Å². The van der Waals surface area contributed by atoms with E-state index in [0.29, 0.717) is 0 Å². The molecule has 13 heavy (non-hydrogen) atoms. The number of aliphatic carboxylic acids is 1. The summed E-state index contributed by atoms with van der Waals surface area (Å²) in [4.78, 5) is 20.9. The van der Waals surface area contributed by atoms with Crippen LogP contribution in [0.15, 0.2) is 24.3 Å². The van der Waals surface area contributed by atoms with Crippen LogP contribution >= 0.6 is 0 Å². The van der Waals surface area contributed by atoms with Crippen LogP contribution in [0.5, 0.6) is 0 Å². The van der Waals surface area contributed by atoms with E-state index in [0.717, 1.165) is 12.2 Å². The molecule has 0 unspecified atom stereocenters. The van der Waals surface area contributed by atoms with Gasteiger partial charge in [0.25, 0.3) is 0 Å². The minimum Gasteiger partial charge on any atom is -0.478 e. The van der Waals surface area contributed by atoms with Crippen molar-refractivity contribution in [1.29, 1.82) is 0 Å². The van der Waals surface area contributed by atoms with E-state index in [9.17, 15) is 9.59 Å². The summed E-state index contributed by atoms with van der Waals surface area (Å²) in [6.45, 7) is 2.87. The maximum absolute atomic E-state index is 10.8. The van der Waals surface area contributed by atoms with E-state index >= 15 is 0 Å². The first-order chi connectivity index (χ1) is 6.07. The van der Waals surface area contributed by atoms with Crippen molar-refractivity contribution >= 4 is 11.9 Å². The van der Waals surface area contributed by atoms with Gasteiger partial charge in [-0.15, -0.1) is 0 Å². The molecular formula is C8H10O5. The number of hydrogen-bond donors (Lipinski definition) is 2. The summed E-state index contributed by atoms with van der Waals surface area (Å²) in [6, 6.07) is 0. The Balaban J connectivity index is 3.97. The maximum Gasteiger partial charge on any atom is 0.337 e. The monoisotopic (exact) mass is 186 g/mol. The second-order valence-corrected chi connectivity index (χ2v) is 2.06. The summed E-state index contributed by atoms with van der Waals surface area (Å²) in [5.74, 6) is -1.91. The predicted octanol–water partition coefficient (Wildman–Crippen LogP) is -0.281. The average molecular weight is 186 g/mol. The van der Waals surface area contributed by atoms with Gasteiger partial charge < -0.3 is 14.9 Å². The van der Waals surface area contributed by atoms with E-state index < -0.39 is 11.9 Å². The third-order valence-electron chi connectivity index (χ3n) is 1.01. The summed E-state index contributed by atoms with van der Waals surface area (Å²) >= 11 is 0. The van der Waals surface area contributed by atoms with Crippen LogP contribution in [0.3, 0.4) is 0 Å². The first-order valence-electron chi connectivity index (χ1n) is 3.46. The van der Waals surface area contributed by atoms with Gasteiger partial charge in [0, 0.05) is 6.08 Å². The highest BCUT2D eigenvalue weighted by Gasteiger charge is 2.04. The second kappa shape index (κ2) is 5.96. The highest BCUT2D eigenvalue weighted by atomic mass is 16.5. The van der Waals surface area contributed by atoms with Crippen LogP contribution in [0.1, 0.15) is 0 Å². The molecule has 0 aliphatic carbocycles. The fraction of sp³-hybridized carbons (Fsp3) is 0.250. The Morgan fingerprint density at radius 2 is 2.00 bits per heavy atom. The van der Waals surface area contributed by atoms with Crippen molar-refractivity contribution < 1.29 is 24.5 Å². The van der Waals surface area contributed by atoms with Crippen LogP contribution in [-0.4, -0.2) is 35.4 Å². The SMILES string of the molecule is C=C(C=CC(=O)O)C(=O)OCCO. The minimum atomic E-state index is -1.17. The van der Waals surface area contributed by atoms with Gasteiger partial charge in [0.2, 0.25) is 0 Å². The highest BCUT2D eigenvalue weighted by molar-refractivity contribution is 5.93. The lowest BCUT2D eigenvalue weighted by molar-refractivity contribution is -0.139. The molecule has 0 rings (SSSR count). The molecule has 0 aliphatic heterocycles. The third kappa shape index (κ3) is 5.63. The molecule has 0 atom stereocenters. The van der Waals surface area contributed by atoms with Gasteiger partial charge in [-0.05, 0) is 6.08 Å². The smallest absolute Gasteiger partial charge is 0.337 e. The van der Waals surface area contributed by atoms with Gasteiger partial charge in [-0.25, -0.2) is 9.59 Å². The molecule has 0 aromatic heterocycles. The van der Waals surface area contributed by atoms with E-state index in [4.69, 9.17) is 10.2 Å². The number of rotatable bonds is 5. The zero-order chi connectivity index (χ0) is 10.3. The lowest BCUT2D eigenvalue weighted by Crippen LogP contribution is -2.09. The molecule has 0 fully saturated rings. The van der Waals surface area contributed by atoms with Crippen LogP contribution < -0.4 is 0 Å².